The van der Waals surface area contributed by atoms with Crippen molar-refractivity contribution in [3.8, 4) is 0 Å². The normalized spacial score (nSPS) is 26.7. The zero-order valence-electron chi connectivity index (χ0n) is 21.7. The monoisotopic (exact) mass is 499 g/mol. The number of alkyl halides is 2. The molecule has 2 aromatic rings. The highest BCUT2D eigenvalue weighted by Crippen LogP contribution is 2.43. The Morgan fingerprint density at radius 2 is 1.75 bits per heavy atom. The molecule has 1 saturated carbocycles. The number of carbonyl (C=O) groups is 1. The summed E-state index contributed by atoms with van der Waals surface area (Å²) in [5.41, 5.74) is 1.20. The molecule has 8 heteroatoms. The first-order chi connectivity index (χ1) is 17.2. The van der Waals surface area contributed by atoms with Gasteiger partial charge in [-0.1, -0.05) is 44.2 Å². The van der Waals surface area contributed by atoms with E-state index in [1.165, 1.54) is 18.4 Å². The van der Waals surface area contributed by atoms with E-state index in [1.54, 1.807) is 0 Å². The van der Waals surface area contributed by atoms with Crippen LogP contribution in [0.4, 0.5) is 8.78 Å². The third-order valence-corrected chi connectivity index (χ3v) is 8.62. The first-order valence-electron chi connectivity index (χ1n) is 13.6. The van der Waals surface area contributed by atoms with Crippen LogP contribution in [0.2, 0.25) is 0 Å². The molecule has 2 bridgehead atoms. The van der Waals surface area contributed by atoms with Crippen molar-refractivity contribution < 1.29 is 13.6 Å². The summed E-state index contributed by atoms with van der Waals surface area (Å²) >= 11 is 0. The standard InChI is InChI=1S/C28H39F2N5O/c1-18(2)26-33-32-19(3)35(26)25-13-23-9-10-24(14-25)34(23)12-11-21(20-7-5-4-6-8-20)17-31-27(36)22-15-28(29,30)16-22/h4-8,18,21-25H,9-17H2,1-3H3,(H,31,36)/t21?,23-,24+,25?. The molecule has 5 rings (SSSR count). The lowest BCUT2D eigenvalue weighted by molar-refractivity contribution is -0.150. The topological polar surface area (TPSA) is 63.1 Å². The van der Waals surface area contributed by atoms with Crippen LogP contribution in [0.5, 0.6) is 0 Å². The summed E-state index contributed by atoms with van der Waals surface area (Å²) in [5.74, 6) is -0.824. The van der Waals surface area contributed by atoms with Gasteiger partial charge in [0.2, 0.25) is 11.8 Å². The first-order valence-corrected chi connectivity index (χ1v) is 13.6. The smallest absolute Gasteiger partial charge is 0.249 e. The number of halogens is 2. The van der Waals surface area contributed by atoms with Crippen molar-refractivity contribution in [3.05, 3.63) is 47.5 Å². The summed E-state index contributed by atoms with van der Waals surface area (Å²) < 4.78 is 28.8. The maximum atomic E-state index is 13.2. The quantitative estimate of drug-likeness (QED) is 0.514. The van der Waals surface area contributed by atoms with E-state index in [0.29, 0.717) is 30.6 Å². The molecule has 1 amide bonds. The van der Waals surface area contributed by atoms with Gasteiger partial charge in [0.05, 0.1) is 0 Å². The summed E-state index contributed by atoms with van der Waals surface area (Å²) in [6, 6.07) is 11.8. The highest BCUT2D eigenvalue weighted by Gasteiger charge is 2.48. The second kappa shape index (κ2) is 10.2. The summed E-state index contributed by atoms with van der Waals surface area (Å²) in [4.78, 5) is 15.1. The van der Waals surface area contributed by atoms with Crippen molar-refractivity contribution in [2.75, 3.05) is 13.1 Å². The zero-order chi connectivity index (χ0) is 25.4. The molecule has 2 unspecified atom stereocenters. The van der Waals surface area contributed by atoms with Crippen LogP contribution in [0.1, 0.15) is 93.9 Å². The van der Waals surface area contributed by atoms with Crippen LogP contribution in [0.3, 0.4) is 0 Å². The number of rotatable bonds is 9. The third-order valence-electron chi connectivity index (χ3n) is 8.62. The molecule has 6 nitrogen and oxygen atoms in total. The minimum Gasteiger partial charge on any atom is -0.355 e. The van der Waals surface area contributed by atoms with Crippen LogP contribution < -0.4 is 5.32 Å². The molecule has 1 aromatic carbocycles. The van der Waals surface area contributed by atoms with E-state index in [2.05, 4.69) is 57.9 Å². The van der Waals surface area contributed by atoms with Crippen molar-refractivity contribution in [2.45, 2.75) is 102 Å². The zero-order valence-corrected chi connectivity index (χ0v) is 21.7. The molecule has 1 aliphatic carbocycles. The van der Waals surface area contributed by atoms with Crippen molar-refractivity contribution in [1.82, 2.24) is 25.0 Å². The number of amides is 1. The lowest BCUT2D eigenvalue weighted by Crippen LogP contribution is -2.46. The van der Waals surface area contributed by atoms with Crippen LogP contribution >= 0.6 is 0 Å². The Morgan fingerprint density at radius 1 is 1.08 bits per heavy atom. The van der Waals surface area contributed by atoms with E-state index in [-0.39, 0.29) is 24.7 Å². The van der Waals surface area contributed by atoms with Gasteiger partial charge in [0.25, 0.3) is 0 Å². The average Bonchev–Trinajstić information content (AvgIpc) is 3.33. The second-order valence-corrected chi connectivity index (χ2v) is 11.5. The van der Waals surface area contributed by atoms with Crippen LogP contribution in [0.15, 0.2) is 30.3 Å². The molecule has 2 aliphatic heterocycles. The predicted molar refractivity (Wildman–Crippen MR) is 135 cm³/mol. The highest BCUT2D eigenvalue weighted by molar-refractivity contribution is 5.79. The van der Waals surface area contributed by atoms with Gasteiger partial charge in [0.15, 0.2) is 0 Å². The molecule has 3 fully saturated rings. The fraction of sp³-hybridized carbons (Fsp3) is 0.679. The number of nitrogens with zero attached hydrogens (tertiary/aromatic N) is 4. The highest BCUT2D eigenvalue weighted by atomic mass is 19.3. The minimum atomic E-state index is -2.67. The number of fused-ring (bicyclic) bond motifs is 2. The molecule has 0 spiro atoms. The summed E-state index contributed by atoms with van der Waals surface area (Å²) in [6.07, 6.45) is 4.99. The minimum absolute atomic E-state index is 0.167. The Kier molecular flexibility index (Phi) is 7.16. The molecule has 3 heterocycles. The Bertz CT molecular complexity index is 1030. The van der Waals surface area contributed by atoms with Crippen LogP contribution in [-0.2, 0) is 4.79 Å². The first kappa shape index (κ1) is 25.3. The van der Waals surface area contributed by atoms with E-state index in [1.807, 2.05) is 18.2 Å². The van der Waals surface area contributed by atoms with Gasteiger partial charge in [-0.3, -0.25) is 9.69 Å². The number of benzene rings is 1. The number of piperidine rings is 1. The van der Waals surface area contributed by atoms with E-state index in [0.717, 1.165) is 37.5 Å². The summed E-state index contributed by atoms with van der Waals surface area (Å²) in [7, 11) is 0. The van der Waals surface area contributed by atoms with Gasteiger partial charge in [-0.05, 0) is 51.1 Å². The van der Waals surface area contributed by atoms with Gasteiger partial charge in [-0.15, -0.1) is 10.2 Å². The average molecular weight is 500 g/mol. The lowest BCUT2D eigenvalue weighted by atomic mass is 9.80. The van der Waals surface area contributed by atoms with Gasteiger partial charge in [0, 0.05) is 55.3 Å². The van der Waals surface area contributed by atoms with Crippen LogP contribution in [0, 0.1) is 12.8 Å². The Balaban J connectivity index is 1.21. The molecule has 3 aliphatic rings. The van der Waals surface area contributed by atoms with Crippen LogP contribution in [0.25, 0.3) is 0 Å². The van der Waals surface area contributed by atoms with Gasteiger partial charge in [-0.25, -0.2) is 8.78 Å². The second-order valence-electron chi connectivity index (χ2n) is 11.5. The number of nitrogens with one attached hydrogen (secondary N) is 1. The SMILES string of the molecule is Cc1nnc(C(C)C)n1C1C[C@H]2CC[C@@H](C1)N2CCC(CNC(=O)C1CC(F)(F)C1)c1ccccc1. The fourth-order valence-electron chi connectivity index (χ4n) is 6.68. The lowest BCUT2D eigenvalue weighted by Gasteiger charge is -2.40. The number of hydrogen-bond donors (Lipinski definition) is 1. The van der Waals surface area contributed by atoms with Gasteiger partial charge in [-0.2, -0.15) is 0 Å². The third kappa shape index (κ3) is 5.20. The van der Waals surface area contributed by atoms with E-state index in [4.69, 9.17) is 0 Å². The fourth-order valence-corrected chi connectivity index (χ4v) is 6.68. The number of aromatic nitrogens is 3. The molecule has 2 saturated heterocycles. The van der Waals surface area contributed by atoms with Crippen LogP contribution in [-0.4, -0.2) is 56.7 Å². The van der Waals surface area contributed by atoms with E-state index < -0.39 is 11.8 Å². The molecular formula is C28H39F2N5O. The molecule has 1 aromatic heterocycles. The van der Waals surface area contributed by atoms with Gasteiger partial charge in [0.1, 0.15) is 11.6 Å². The van der Waals surface area contributed by atoms with Crippen molar-refractivity contribution in [1.29, 1.82) is 0 Å². The van der Waals surface area contributed by atoms with E-state index >= 15 is 0 Å². The molecule has 0 radical (unpaired) electrons. The van der Waals surface area contributed by atoms with Crippen molar-refractivity contribution in [2.24, 2.45) is 5.92 Å². The molecule has 196 valence electrons. The molecule has 36 heavy (non-hydrogen) atoms. The Hall–Kier alpha value is -2.35. The largest absolute Gasteiger partial charge is 0.355 e. The Labute approximate surface area is 212 Å². The predicted octanol–water partition coefficient (Wildman–Crippen LogP) is 5.21. The van der Waals surface area contributed by atoms with Gasteiger partial charge >= 0.3 is 0 Å². The summed E-state index contributed by atoms with van der Waals surface area (Å²) in [6.45, 7) is 7.91. The molecule has 4 atom stereocenters. The van der Waals surface area contributed by atoms with Crippen molar-refractivity contribution >= 4 is 5.91 Å². The molecule has 1 N–H and O–H groups in total. The number of carbonyl (C=O) groups excluding carboxylic acids is 1. The number of hydrogen-bond acceptors (Lipinski definition) is 4. The van der Waals surface area contributed by atoms with Crippen molar-refractivity contribution in [3.63, 3.8) is 0 Å². The maximum Gasteiger partial charge on any atom is 0.249 e. The van der Waals surface area contributed by atoms with E-state index in [9.17, 15) is 13.6 Å². The Morgan fingerprint density at radius 3 is 2.36 bits per heavy atom. The maximum absolute atomic E-state index is 13.2. The molecular weight excluding hydrogens is 460 g/mol. The number of aryl methyl sites for hydroxylation is 1. The van der Waals surface area contributed by atoms with Gasteiger partial charge < -0.3 is 9.88 Å². The summed E-state index contributed by atoms with van der Waals surface area (Å²) in [5, 5.41) is 11.8.